The monoisotopic (exact) mass is 532 g/mol. The van der Waals surface area contributed by atoms with Gasteiger partial charge >= 0.3 is 0 Å². The minimum absolute atomic E-state index is 0.00745. The summed E-state index contributed by atoms with van der Waals surface area (Å²) in [6.07, 6.45) is 7.32. The highest BCUT2D eigenvalue weighted by molar-refractivity contribution is 6.36. The van der Waals surface area contributed by atoms with Gasteiger partial charge < -0.3 is 16.1 Å². The molecule has 2 aliphatic rings. The summed E-state index contributed by atoms with van der Waals surface area (Å²) in [4.78, 5) is 8.71. The van der Waals surface area contributed by atoms with E-state index in [1.54, 1.807) is 24.5 Å². The van der Waals surface area contributed by atoms with Crippen molar-refractivity contribution < 1.29 is 0 Å². The van der Waals surface area contributed by atoms with Crippen molar-refractivity contribution in [2.75, 3.05) is 17.2 Å². The van der Waals surface area contributed by atoms with Crippen molar-refractivity contribution in [3.05, 3.63) is 69.9 Å². The molecule has 0 saturated heterocycles. The number of anilines is 2. The molecule has 2 radical (unpaired) electrons. The van der Waals surface area contributed by atoms with Gasteiger partial charge in [0.2, 0.25) is 0 Å². The van der Waals surface area contributed by atoms with Crippen LogP contribution in [0.3, 0.4) is 0 Å². The van der Waals surface area contributed by atoms with Crippen LogP contribution in [0.1, 0.15) is 44.7 Å². The lowest BCUT2D eigenvalue weighted by molar-refractivity contribution is 0.260. The summed E-state index contributed by atoms with van der Waals surface area (Å²) in [6.45, 7) is 7.02. The molecule has 11 heteroatoms. The fourth-order valence-electron chi connectivity index (χ4n) is 4.23. The van der Waals surface area contributed by atoms with E-state index < -0.39 is 5.44 Å². The number of pyridine rings is 2. The van der Waals surface area contributed by atoms with Crippen molar-refractivity contribution in [3.63, 3.8) is 0 Å². The number of aromatic nitrogens is 2. The van der Waals surface area contributed by atoms with Gasteiger partial charge in [0.25, 0.3) is 0 Å². The molecule has 4 N–H and O–H groups in total. The van der Waals surface area contributed by atoms with Crippen molar-refractivity contribution in [2.45, 2.75) is 45.1 Å². The standard InChI is InChI=1S/C26H27BCl2N8/c1-25(2,3)14-33-22-15(11-30)12-32-23-18(22)9-16(10-20(23)28)34-26(27,19-5-4-8-31-24(19)29)21-13-37(36-35-21)17-6-7-17/h4-5,8-10,12-13,17,34-36H,6-7,14H2,1-3H3,(H,32,33)/t26-/m0/s1. The van der Waals surface area contributed by atoms with Crippen molar-refractivity contribution in [1.29, 1.82) is 5.26 Å². The average molecular weight is 533 g/mol. The molecule has 1 aromatic carbocycles. The number of rotatable bonds is 7. The molecule has 1 aliphatic heterocycles. The van der Waals surface area contributed by atoms with Gasteiger partial charge in [0, 0.05) is 47.8 Å². The molecule has 3 heterocycles. The number of hydrazine groups is 2. The van der Waals surface area contributed by atoms with E-state index in [4.69, 9.17) is 31.0 Å². The van der Waals surface area contributed by atoms with Crippen molar-refractivity contribution in [2.24, 2.45) is 5.41 Å². The van der Waals surface area contributed by atoms with E-state index in [-0.39, 0.29) is 10.6 Å². The first-order chi connectivity index (χ1) is 17.6. The van der Waals surface area contributed by atoms with Crippen LogP contribution in [0.25, 0.3) is 10.9 Å². The zero-order chi connectivity index (χ0) is 26.4. The SMILES string of the molecule is [B][C@@](Nc1cc(Cl)c2ncc(C#N)c(NCC(C)(C)C)c2c1)(C1=CN(C2CC2)NN1)c1cccnc1Cl. The number of hydrogen-bond donors (Lipinski definition) is 4. The molecule has 8 nitrogen and oxygen atoms in total. The predicted molar refractivity (Wildman–Crippen MR) is 149 cm³/mol. The van der Waals surface area contributed by atoms with Crippen LogP contribution in [0.4, 0.5) is 11.4 Å². The second kappa shape index (κ2) is 9.60. The summed E-state index contributed by atoms with van der Waals surface area (Å²) in [5.74, 6) is 0. The van der Waals surface area contributed by atoms with Crippen LogP contribution in [0, 0.1) is 16.7 Å². The van der Waals surface area contributed by atoms with E-state index in [1.807, 2.05) is 23.3 Å². The topological polar surface area (TPSA) is 101 Å². The third-order valence-corrected chi connectivity index (χ3v) is 6.91. The molecular weight excluding hydrogens is 506 g/mol. The Morgan fingerprint density at radius 2 is 2.03 bits per heavy atom. The lowest BCUT2D eigenvalue weighted by atomic mass is 9.70. The minimum atomic E-state index is -1.28. The molecule has 0 unspecified atom stereocenters. The number of halogens is 2. The van der Waals surface area contributed by atoms with Crippen LogP contribution in [0.2, 0.25) is 10.2 Å². The van der Waals surface area contributed by atoms with Crippen molar-refractivity contribution in [3.8, 4) is 6.07 Å². The largest absolute Gasteiger partial charge is 0.383 e. The highest BCUT2D eigenvalue weighted by Crippen LogP contribution is 2.39. The molecule has 1 fully saturated rings. The highest BCUT2D eigenvalue weighted by atomic mass is 35.5. The number of nitrogens with one attached hydrogen (secondary N) is 4. The van der Waals surface area contributed by atoms with Crippen molar-refractivity contribution in [1.82, 2.24) is 25.9 Å². The van der Waals surface area contributed by atoms with Gasteiger partial charge in [-0.15, -0.1) is 5.53 Å². The minimum Gasteiger partial charge on any atom is -0.383 e. The van der Waals surface area contributed by atoms with Gasteiger partial charge in [-0.05, 0) is 36.5 Å². The van der Waals surface area contributed by atoms with Crippen LogP contribution < -0.4 is 21.6 Å². The number of nitriles is 1. The maximum absolute atomic E-state index is 9.78. The molecule has 0 amide bonds. The molecule has 1 aliphatic carbocycles. The summed E-state index contributed by atoms with van der Waals surface area (Å²) >= 11 is 13.3. The van der Waals surface area contributed by atoms with Crippen LogP contribution in [-0.4, -0.2) is 35.4 Å². The Hall–Kier alpha value is -3.19. The van der Waals surface area contributed by atoms with Gasteiger partial charge in [0.1, 0.15) is 19.1 Å². The molecule has 1 saturated carbocycles. The molecule has 37 heavy (non-hydrogen) atoms. The van der Waals surface area contributed by atoms with Gasteiger partial charge in [-0.3, -0.25) is 9.99 Å². The molecule has 1 atom stereocenters. The van der Waals surface area contributed by atoms with Crippen LogP contribution in [0.5, 0.6) is 0 Å². The number of benzene rings is 1. The Labute approximate surface area is 227 Å². The van der Waals surface area contributed by atoms with E-state index in [2.05, 4.69) is 58.4 Å². The lowest BCUT2D eigenvalue weighted by Gasteiger charge is -2.34. The number of nitrogens with zero attached hydrogens (tertiary/aromatic N) is 4. The Morgan fingerprint density at radius 3 is 2.70 bits per heavy atom. The van der Waals surface area contributed by atoms with Gasteiger partial charge in [0.05, 0.1) is 32.9 Å². The number of hydrogen-bond acceptors (Lipinski definition) is 8. The summed E-state index contributed by atoms with van der Waals surface area (Å²) in [5.41, 5.74) is 8.66. The van der Waals surface area contributed by atoms with Crippen LogP contribution in [0.15, 0.2) is 48.6 Å². The molecule has 0 bridgehead atoms. The van der Waals surface area contributed by atoms with E-state index in [0.29, 0.717) is 56.7 Å². The highest BCUT2D eigenvalue weighted by Gasteiger charge is 2.39. The van der Waals surface area contributed by atoms with E-state index in [0.717, 1.165) is 12.8 Å². The Balaban J connectivity index is 1.61. The predicted octanol–water partition coefficient (Wildman–Crippen LogP) is 5.03. The zero-order valence-electron chi connectivity index (χ0n) is 20.9. The Bertz CT molecular complexity index is 1430. The first-order valence-corrected chi connectivity index (χ1v) is 12.8. The van der Waals surface area contributed by atoms with Gasteiger partial charge in [-0.2, -0.15) is 5.26 Å². The average Bonchev–Trinajstić information content (AvgIpc) is 3.57. The lowest BCUT2D eigenvalue weighted by Crippen LogP contribution is -2.45. The Kier molecular flexibility index (Phi) is 6.61. The van der Waals surface area contributed by atoms with Gasteiger partial charge in [-0.25, -0.2) is 4.98 Å². The normalized spacial score (nSPS) is 17.1. The molecule has 0 spiro atoms. The smallest absolute Gasteiger partial charge is 0.134 e. The third kappa shape index (κ3) is 5.15. The molecule has 3 aromatic rings. The zero-order valence-corrected chi connectivity index (χ0v) is 22.4. The summed E-state index contributed by atoms with van der Waals surface area (Å²) < 4.78 is 0. The second-order valence-electron chi connectivity index (χ2n) is 10.6. The number of fused-ring (bicyclic) bond motifs is 1. The fraction of sp³-hybridized carbons (Fsp3) is 0.346. The van der Waals surface area contributed by atoms with Crippen LogP contribution >= 0.6 is 23.2 Å². The van der Waals surface area contributed by atoms with Crippen molar-refractivity contribution >= 4 is 53.3 Å². The van der Waals surface area contributed by atoms with E-state index in [9.17, 15) is 5.26 Å². The second-order valence-corrected chi connectivity index (χ2v) is 11.4. The quantitative estimate of drug-likeness (QED) is 0.248. The fourth-order valence-corrected chi connectivity index (χ4v) is 4.76. The summed E-state index contributed by atoms with van der Waals surface area (Å²) in [5, 5.41) is 20.1. The maximum Gasteiger partial charge on any atom is 0.134 e. The van der Waals surface area contributed by atoms with Gasteiger partial charge in [-0.1, -0.05) is 50.0 Å². The first-order valence-electron chi connectivity index (χ1n) is 12.1. The summed E-state index contributed by atoms with van der Waals surface area (Å²) in [7, 11) is 7.08. The third-order valence-electron chi connectivity index (χ3n) is 6.32. The molecular formula is C26H27BCl2N8. The van der Waals surface area contributed by atoms with Crippen LogP contribution in [-0.2, 0) is 5.44 Å². The van der Waals surface area contributed by atoms with E-state index >= 15 is 0 Å². The molecule has 5 rings (SSSR count). The molecule has 2 aromatic heterocycles. The first kappa shape index (κ1) is 25.5. The van der Waals surface area contributed by atoms with Gasteiger partial charge in [0.15, 0.2) is 0 Å². The maximum atomic E-state index is 9.78. The summed E-state index contributed by atoms with van der Waals surface area (Å²) in [6, 6.07) is 9.94. The molecule has 188 valence electrons. The Morgan fingerprint density at radius 1 is 1.24 bits per heavy atom. The van der Waals surface area contributed by atoms with E-state index in [1.165, 1.54) is 0 Å².